The Hall–Kier alpha value is -2.58. The summed E-state index contributed by atoms with van der Waals surface area (Å²) in [6, 6.07) is 27.0. The summed E-state index contributed by atoms with van der Waals surface area (Å²) in [4.78, 5) is 2.62. The van der Waals surface area contributed by atoms with Crippen molar-refractivity contribution < 1.29 is 4.74 Å². The molecule has 0 spiro atoms. The topological polar surface area (TPSA) is 12.5 Å². The van der Waals surface area contributed by atoms with E-state index >= 15 is 0 Å². The van der Waals surface area contributed by atoms with Gasteiger partial charge in [-0.3, -0.25) is 4.90 Å². The van der Waals surface area contributed by atoms with Crippen molar-refractivity contribution in [1.29, 1.82) is 0 Å². The molecular weight excluding hydrogens is 330 g/mol. The number of fused-ring (bicyclic) bond motifs is 1. The summed E-state index contributed by atoms with van der Waals surface area (Å²) in [6.45, 7) is 3.02. The number of nitrogens with zero attached hydrogens (tertiary/aromatic N) is 1. The fourth-order valence-corrected chi connectivity index (χ4v) is 4.45. The summed E-state index contributed by atoms with van der Waals surface area (Å²) in [5.41, 5.74) is 6.72. The van der Waals surface area contributed by atoms with Crippen molar-refractivity contribution in [2.24, 2.45) is 0 Å². The monoisotopic (exact) mass is 355 g/mol. The predicted octanol–water partition coefficient (Wildman–Crippen LogP) is 5.63. The van der Waals surface area contributed by atoms with Crippen LogP contribution < -0.4 is 4.74 Å². The van der Waals surface area contributed by atoms with Crippen LogP contribution in [0.3, 0.4) is 0 Å². The molecule has 2 heteroatoms. The maximum atomic E-state index is 5.79. The van der Waals surface area contributed by atoms with E-state index < -0.39 is 0 Å². The zero-order valence-corrected chi connectivity index (χ0v) is 15.6. The van der Waals surface area contributed by atoms with Gasteiger partial charge in [-0.15, -0.1) is 0 Å². The van der Waals surface area contributed by atoms with Crippen LogP contribution in [0.2, 0.25) is 0 Å². The highest BCUT2D eigenvalue weighted by Gasteiger charge is 2.27. The van der Waals surface area contributed by atoms with E-state index in [0.717, 1.165) is 25.3 Å². The Balaban J connectivity index is 1.32. The van der Waals surface area contributed by atoms with Crippen LogP contribution in [0.1, 0.15) is 35.6 Å². The number of ether oxygens (including phenoxy) is 1. The Morgan fingerprint density at radius 3 is 2.56 bits per heavy atom. The van der Waals surface area contributed by atoms with E-state index in [2.05, 4.69) is 77.7 Å². The number of hydrogen-bond acceptors (Lipinski definition) is 2. The van der Waals surface area contributed by atoms with E-state index in [1.54, 1.807) is 0 Å². The maximum Gasteiger partial charge on any atom is 0.122 e. The average Bonchev–Trinajstić information content (AvgIpc) is 3.38. The number of rotatable bonds is 4. The van der Waals surface area contributed by atoms with Gasteiger partial charge in [-0.2, -0.15) is 0 Å². The van der Waals surface area contributed by atoms with Crippen molar-refractivity contribution in [3.05, 3.63) is 89.5 Å². The van der Waals surface area contributed by atoms with Gasteiger partial charge in [-0.05, 0) is 53.3 Å². The van der Waals surface area contributed by atoms with Gasteiger partial charge in [0.1, 0.15) is 5.75 Å². The fourth-order valence-electron chi connectivity index (χ4n) is 4.45. The molecule has 0 bridgehead atoms. The SMILES string of the molecule is c1ccc(-c2ccc(CN3CCC[C@@H]3c3ccc4c(c3)OCC4)cc2)cc1. The summed E-state index contributed by atoms with van der Waals surface area (Å²) in [5, 5.41) is 0. The van der Waals surface area contributed by atoms with Crippen LogP contribution in [0.5, 0.6) is 5.75 Å². The average molecular weight is 355 g/mol. The van der Waals surface area contributed by atoms with Crippen molar-refractivity contribution in [3.63, 3.8) is 0 Å². The molecule has 0 N–H and O–H groups in total. The highest BCUT2D eigenvalue weighted by atomic mass is 16.5. The van der Waals surface area contributed by atoms with Gasteiger partial charge in [0.25, 0.3) is 0 Å². The van der Waals surface area contributed by atoms with Gasteiger partial charge in [0.15, 0.2) is 0 Å². The molecule has 1 atom stereocenters. The third-order valence-corrected chi connectivity index (χ3v) is 5.92. The number of benzene rings is 3. The molecule has 1 saturated heterocycles. The Bertz CT molecular complexity index is 917. The van der Waals surface area contributed by atoms with Crippen LogP contribution in [0.15, 0.2) is 72.8 Å². The second-order valence-electron chi connectivity index (χ2n) is 7.66. The first kappa shape index (κ1) is 16.6. The largest absolute Gasteiger partial charge is 0.493 e. The zero-order valence-electron chi connectivity index (χ0n) is 15.6. The van der Waals surface area contributed by atoms with Gasteiger partial charge in [0, 0.05) is 19.0 Å². The lowest BCUT2D eigenvalue weighted by atomic mass is 10.0. The first-order chi connectivity index (χ1) is 13.4. The molecule has 0 amide bonds. The molecule has 136 valence electrons. The lowest BCUT2D eigenvalue weighted by molar-refractivity contribution is 0.248. The van der Waals surface area contributed by atoms with Crippen molar-refractivity contribution >= 4 is 0 Å². The quantitative estimate of drug-likeness (QED) is 0.602. The summed E-state index contributed by atoms with van der Waals surface area (Å²) in [6.07, 6.45) is 3.56. The lowest BCUT2D eigenvalue weighted by Crippen LogP contribution is -2.22. The van der Waals surface area contributed by atoms with E-state index in [4.69, 9.17) is 4.74 Å². The van der Waals surface area contributed by atoms with E-state index in [1.165, 1.54) is 47.2 Å². The van der Waals surface area contributed by atoms with Crippen molar-refractivity contribution in [2.45, 2.75) is 31.8 Å². The first-order valence-electron chi connectivity index (χ1n) is 10.0. The van der Waals surface area contributed by atoms with Gasteiger partial charge in [-0.1, -0.05) is 66.7 Å². The smallest absolute Gasteiger partial charge is 0.122 e. The van der Waals surface area contributed by atoms with Crippen molar-refractivity contribution in [3.8, 4) is 16.9 Å². The van der Waals surface area contributed by atoms with Crippen LogP contribution in [0, 0.1) is 0 Å². The minimum absolute atomic E-state index is 0.508. The fraction of sp³-hybridized carbons (Fsp3) is 0.280. The summed E-state index contributed by atoms with van der Waals surface area (Å²) < 4.78 is 5.79. The van der Waals surface area contributed by atoms with Crippen LogP contribution in [0.25, 0.3) is 11.1 Å². The molecule has 0 saturated carbocycles. The second-order valence-corrected chi connectivity index (χ2v) is 7.66. The van der Waals surface area contributed by atoms with Crippen LogP contribution in [0.4, 0.5) is 0 Å². The van der Waals surface area contributed by atoms with Gasteiger partial charge < -0.3 is 4.74 Å². The summed E-state index contributed by atoms with van der Waals surface area (Å²) in [5.74, 6) is 1.10. The third-order valence-electron chi connectivity index (χ3n) is 5.92. The van der Waals surface area contributed by atoms with Crippen LogP contribution >= 0.6 is 0 Å². The molecule has 2 aliphatic rings. The molecule has 0 aliphatic carbocycles. The van der Waals surface area contributed by atoms with E-state index in [1.807, 2.05) is 0 Å². The normalized spacial score (nSPS) is 19.0. The predicted molar refractivity (Wildman–Crippen MR) is 110 cm³/mol. The molecule has 0 aromatic heterocycles. The Labute approximate surface area is 161 Å². The standard InChI is InChI=1S/C25H25NO/c1-2-5-20(6-3-1)21-10-8-19(9-11-21)18-26-15-4-7-24(26)23-13-12-22-14-16-27-25(22)17-23/h1-3,5-6,8-13,17,24H,4,7,14-16,18H2/t24-/m1/s1. The van der Waals surface area contributed by atoms with E-state index in [0.29, 0.717) is 6.04 Å². The Morgan fingerprint density at radius 2 is 1.70 bits per heavy atom. The van der Waals surface area contributed by atoms with Gasteiger partial charge >= 0.3 is 0 Å². The van der Waals surface area contributed by atoms with Crippen molar-refractivity contribution in [1.82, 2.24) is 4.90 Å². The van der Waals surface area contributed by atoms with Gasteiger partial charge in [-0.25, -0.2) is 0 Å². The summed E-state index contributed by atoms with van der Waals surface area (Å²) >= 11 is 0. The molecular formula is C25H25NO. The molecule has 0 unspecified atom stereocenters. The van der Waals surface area contributed by atoms with Crippen LogP contribution in [-0.2, 0) is 13.0 Å². The number of hydrogen-bond donors (Lipinski definition) is 0. The second kappa shape index (κ2) is 7.21. The molecule has 0 radical (unpaired) electrons. The number of likely N-dealkylation sites (tertiary alicyclic amines) is 1. The third kappa shape index (κ3) is 3.38. The molecule has 5 rings (SSSR count). The lowest BCUT2D eigenvalue weighted by Gasteiger charge is -2.25. The van der Waals surface area contributed by atoms with Gasteiger partial charge in [0.2, 0.25) is 0 Å². The Kier molecular flexibility index (Phi) is 4.43. The minimum atomic E-state index is 0.508. The zero-order chi connectivity index (χ0) is 18.1. The molecule has 3 aromatic rings. The minimum Gasteiger partial charge on any atom is -0.493 e. The molecule has 1 fully saturated rings. The van der Waals surface area contributed by atoms with E-state index in [9.17, 15) is 0 Å². The Morgan fingerprint density at radius 1 is 0.889 bits per heavy atom. The van der Waals surface area contributed by atoms with Gasteiger partial charge in [0.05, 0.1) is 6.61 Å². The molecule has 27 heavy (non-hydrogen) atoms. The summed E-state index contributed by atoms with van der Waals surface area (Å²) in [7, 11) is 0. The molecule has 2 aliphatic heterocycles. The molecule has 3 aromatic carbocycles. The first-order valence-corrected chi connectivity index (χ1v) is 10.0. The maximum absolute atomic E-state index is 5.79. The molecule has 2 heterocycles. The highest BCUT2D eigenvalue weighted by molar-refractivity contribution is 5.63. The highest BCUT2D eigenvalue weighted by Crippen LogP contribution is 2.37. The van der Waals surface area contributed by atoms with Crippen molar-refractivity contribution in [2.75, 3.05) is 13.2 Å². The van der Waals surface area contributed by atoms with E-state index in [-0.39, 0.29) is 0 Å². The van der Waals surface area contributed by atoms with Crippen LogP contribution in [-0.4, -0.2) is 18.1 Å². The molecule has 2 nitrogen and oxygen atoms in total.